The maximum Gasteiger partial charge on any atom is 0.322 e. The van der Waals surface area contributed by atoms with Crippen molar-refractivity contribution in [1.82, 2.24) is 5.32 Å². The minimum Gasteiger partial charge on any atom is -0.484 e. The summed E-state index contributed by atoms with van der Waals surface area (Å²) in [6.45, 7) is 4.99. The number of carboxylic acid groups (broad SMARTS) is 1. The maximum absolute atomic E-state index is 12.8. The van der Waals surface area contributed by atoms with Crippen LogP contribution in [-0.2, 0) is 9.59 Å². The first-order valence-electron chi connectivity index (χ1n) is 9.17. The van der Waals surface area contributed by atoms with Gasteiger partial charge in [0.05, 0.1) is 5.39 Å². The van der Waals surface area contributed by atoms with Gasteiger partial charge in [-0.3, -0.25) is 14.4 Å². The van der Waals surface area contributed by atoms with E-state index in [-0.39, 0.29) is 23.4 Å². The minimum atomic E-state index is -1.15. The molecule has 156 valence electrons. The summed E-state index contributed by atoms with van der Waals surface area (Å²) in [4.78, 5) is 34.8. The van der Waals surface area contributed by atoms with Crippen LogP contribution in [0.5, 0.6) is 17.2 Å². The highest BCUT2D eigenvalue weighted by atomic mass is 16.5. The van der Waals surface area contributed by atoms with E-state index >= 15 is 0 Å². The highest BCUT2D eigenvalue weighted by molar-refractivity contribution is 5.82. The van der Waals surface area contributed by atoms with Gasteiger partial charge in [0.2, 0.25) is 11.2 Å². The van der Waals surface area contributed by atoms with Crippen LogP contribution >= 0.6 is 0 Å². The molecule has 1 amide bonds. The van der Waals surface area contributed by atoms with Crippen molar-refractivity contribution in [2.75, 3.05) is 13.2 Å². The Kier molecular flexibility index (Phi) is 6.06. The van der Waals surface area contributed by atoms with E-state index in [9.17, 15) is 14.4 Å². The SMILES string of the molecule is Cc1cc(C)c(C)c(Oc2coc3cc(OCC(=O)NCC(=O)O)ccc3c2=O)c1. The maximum atomic E-state index is 12.8. The first-order valence-corrected chi connectivity index (χ1v) is 9.17. The molecule has 0 unspecified atom stereocenters. The molecule has 0 aliphatic carbocycles. The van der Waals surface area contributed by atoms with Crippen molar-refractivity contribution < 1.29 is 28.6 Å². The number of amides is 1. The fourth-order valence-corrected chi connectivity index (χ4v) is 2.85. The average molecular weight is 411 g/mol. The Labute approximate surface area is 172 Å². The molecular weight excluding hydrogens is 390 g/mol. The monoisotopic (exact) mass is 411 g/mol. The van der Waals surface area contributed by atoms with Crippen molar-refractivity contribution in [1.29, 1.82) is 0 Å². The predicted molar refractivity (Wildman–Crippen MR) is 109 cm³/mol. The van der Waals surface area contributed by atoms with Crippen LogP contribution in [0.15, 0.2) is 45.8 Å². The molecule has 0 atom stereocenters. The molecule has 1 aromatic heterocycles. The summed E-state index contributed by atoms with van der Waals surface area (Å²) < 4.78 is 16.7. The molecule has 3 aromatic rings. The van der Waals surface area contributed by atoms with Gasteiger partial charge in [-0.1, -0.05) is 6.07 Å². The second kappa shape index (κ2) is 8.69. The molecular formula is C22H21NO7. The minimum absolute atomic E-state index is 0.0670. The van der Waals surface area contributed by atoms with Crippen LogP contribution in [0.25, 0.3) is 11.0 Å². The number of aryl methyl sites for hydroxylation is 2. The van der Waals surface area contributed by atoms with Gasteiger partial charge in [-0.15, -0.1) is 0 Å². The van der Waals surface area contributed by atoms with Crippen molar-refractivity contribution in [2.24, 2.45) is 0 Å². The molecule has 0 spiro atoms. The van der Waals surface area contributed by atoms with Gasteiger partial charge in [0.1, 0.15) is 29.9 Å². The van der Waals surface area contributed by atoms with E-state index in [1.807, 2.05) is 32.9 Å². The number of carboxylic acids is 1. The molecule has 2 N–H and O–H groups in total. The van der Waals surface area contributed by atoms with Gasteiger partial charge in [-0.25, -0.2) is 0 Å². The number of nitrogens with one attached hydrogen (secondary N) is 1. The average Bonchev–Trinajstić information content (AvgIpc) is 2.70. The van der Waals surface area contributed by atoms with E-state index in [1.54, 1.807) is 0 Å². The van der Waals surface area contributed by atoms with Crippen LogP contribution in [0.3, 0.4) is 0 Å². The number of carbonyl (C=O) groups is 2. The number of ether oxygens (including phenoxy) is 2. The Morgan fingerprint density at radius 3 is 2.60 bits per heavy atom. The van der Waals surface area contributed by atoms with Crippen LogP contribution in [0.4, 0.5) is 0 Å². The van der Waals surface area contributed by atoms with Crippen LogP contribution in [0.2, 0.25) is 0 Å². The van der Waals surface area contributed by atoms with Gasteiger partial charge >= 0.3 is 5.97 Å². The van der Waals surface area contributed by atoms with Gasteiger partial charge in [0.15, 0.2) is 6.61 Å². The lowest BCUT2D eigenvalue weighted by atomic mass is 10.1. The Balaban J connectivity index is 1.79. The van der Waals surface area contributed by atoms with Crippen molar-refractivity contribution in [3.63, 3.8) is 0 Å². The lowest BCUT2D eigenvalue weighted by Gasteiger charge is -2.12. The van der Waals surface area contributed by atoms with Crippen LogP contribution in [0.1, 0.15) is 16.7 Å². The summed E-state index contributed by atoms with van der Waals surface area (Å²) in [5.74, 6) is -0.768. The molecule has 0 bridgehead atoms. The first-order chi connectivity index (χ1) is 14.2. The molecule has 2 aromatic carbocycles. The topological polar surface area (TPSA) is 115 Å². The molecule has 0 fully saturated rings. The summed E-state index contributed by atoms with van der Waals surface area (Å²) in [5, 5.41) is 11.0. The van der Waals surface area contributed by atoms with Gasteiger partial charge < -0.3 is 24.3 Å². The molecule has 3 rings (SSSR count). The molecule has 0 radical (unpaired) electrons. The fourth-order valence-electron chi connectivity index (χ4n) is 2.85. The number of rotatable bonds is 7. The molecule has 0 saturated heterocycles. The Bertz CT molecular complexity index is 1180. The lowest BCUT2D eigenvalue weighted by Crippen LogP contribution is -2.33. The summed E-state index contributed by atoms with van der Waals surface area (Å²) >= 11 is 0. The number of fused-ring (bicyclic) bond motifs is 1. The molecule has 0 aliphatic heterocycles. The van der Waals surface area contributed by atoms with Gasteiger partial charge in [-0.2, -0.15) is 0 Å². The third-order valence-electron chi connectivity index (χ3n) is 4.51. The van der Waals surface area contributed by atoms with Gasteiger partial charge in [0, 0.05) is 6.07 Å². The summed E-state index contributed by atoms with van der Waals surface area (Å²) in [7, 11) is 0. The van der Waals surface area contributed by atoms with E-state index in [4.69, 9.17) is 19.0 Å². The Morgan fingerprint density at radius 2 is 1.87 bits per heavy atom. The number of carbonyl (C=O) groups excluding carboxylic acids is 1. The first kappa shape index (κ1) is 20.9. The third-order valence-corrected chi connectivity index (χ3v) is 4.51. The van der Waals surface area contributed by atoms with Gasteiger partial charge in [-0.05, 0) is 55.7 Å². The Morgan fingerprint density at radius 1 is 1.10 bits per heavy atom. The van der Waals surface area contributed by atoms with Crippen molar-refractivity contribution in [3.05, 3.63) is 63.5 Å². The molecule has 0 saturated carbocycles. The number of hydrogen-bond acceptors (Lipinski definition) is 6. The summed E-state index contributed by atoms with van der Waals surface area (Å²) in [6, 6.07) is 8.42. The Hall–Kier alpha value is -3.81. The quantitative estimate of drug-likeness (QED) is 0.614. The van der Waals surface area contributed by atoms with Crippen LogP contribution < -0.4 is 20.2 Å². The number of benzene rings is 2. The van der Waals surface area contributed by atoms with Crippen LogP contribution in [0, 0.1) is 20.8 Å². The highest BCUT2D eigenvalue weighted by Gasteiger charge is 2.13. The zero-order valence-electron chi connectivity index (χ0n) is 16.8. The predicted octanol–water partition coefficient (Wildman–Crippen LogP) is 3.09. The number of hydrogen-bond donors (Lipinski definition) is 2. The normalized spacial score (nSPS) is 10.6. The van der Waals surface area contributed by atoms with Crippen molar-refractivity contribution in [2.45, 2.75) is 20.8 Å². The van der Waals surface area contributed by atoms with E-state index < -0.39 is 18.4 Å². The van der Waals surface area contributed by atoms with Crippen LogP contribution in [-0.4, -0.2) is 30.1 Å². The summed E-state index contributed by atoms with van der Waals surface area (Å²) in [6.07, 6.45) is 1.24. The highest BCUT2D eigenvalue weighted by Crippen LogP contribution is 2.28. The zero-order valence-corrected chi connectivity index (χ0v) is 16.8. The fraction of sp³-hybridized carbons (Fsp3) is 0.227. The number of aliphatic carboxylic acids is 1. The largest absolute Gasteiger partial charge is 0.484 e. The summed E-state index contributed by atoms with van der Waals surface area (Å²) in [5.41, 5.74) is 2.95. The smallest absolute Gasteiger partial charge is 0.322 e. The standard InChI is InChI=1S/C22H21NO7/c1-12-6-13(2)14(3)17(7-12)30-19-10-29-18-8-15(4-5-16(18)22(19)27)28-11-20(24)23-9-21(25)26/h4-8,10H,9,11H2,1-3H3,(H,23,24)(H,25,26). The molecule has 1 heterocycles. The molecule has 30 heavy (non-hydrogen) atoms. The van der Waals surface area contributed by atoms with E-state index in [2.05, 4.69) is 5.32 Å². The lowest BCUT2D eigenvalue weighted by molar-refractivity contribution is -0.138. The second-order valence-electron chi connectivity index (χ2n) is 6.85. The zero-order chi connectivity index (χ0) is 21.8. The van der Waals surface area contributed by atoms with Crippen molar-refractivity contribution in [3.8, 4) is 17.2 Å². The molecule has 0 aliphatic rings. The van der Waals surface area contributed by atoms with E-state index in [0.717, 1.165) is 16.7 Å². The van der Waals surface area contributed by atoms with Gasteiger partial charge in [0.25, 0.3) is 5.91 Å². The van der Waals surface area contributed by atoms with E-state index in [0.29, 0.717) is 16.9 Å². The van der Waals surface area contributed by atoms with Crippen molar-refractivity contribution >= 4 is 22.8 Å². The third kappa shape index (κ3) is 4.78. The second-order valence-corrected chi connectivity index (χ2v) is 6.85. The molecule has 8 nitrogen and oxygen atoms in total. The van der Waals surface area contributed by atoms with E-state index in [1.165, 1.54) is 24.5 Å². The molecule has 8 heteroatoms.